The second-order valence-corrected chi connectivity index (χ2v) is 4.51. The fourth-order valence-corrected chi connectivity index (χ4v) is 1.94. The lowest BCUT2D eigenvalue weighted by atomic mass is 10.4. The Morgan fingerprint density at radius 2 is 2.21 bits per heavy atom. The van der Waals surface area contributed by atoms with Gasteiger partial charge in [0.1, 0.15) is 6.20 Å². The molecule has 0 saturated carbocycles. The summed E-state index contributed by atoms with van der Waals surface area (Å²) < 4.78 is 23.1. The van der Waals surface area contributed by atoms with E-state index in [1.54, 1.807) is 0 Å². The van der Waals surface area contributed by atoms with Crippen molar-refractivity contribution < 1.29 is 13.2 Å². The summed E-state index contributed by atoms with van der Waals surface area (Å²) in [5.41, 5.74) is 0.127. The van der Waals surface area contributed by atoms with Gasteiger partial charge >= 0.3 is 0 Å². The third-order valence-electron chi connectivity index (χ3n) is 1.43. The smallest absolute Gasteiger partial charge is 0.238 e. The number of carbonyl (C=O) groups excluding carboxylic acids is 1. The third kappa shape index (κ3) is 2.29. The van der Waals surface area contributed by atoms with Crippen LogP contribution in [0.5, 0.6) is 0 Å². The van der Waals surface area contributed by atoms with Gasteiger partial charge in [-0.2, -0.15) is 0 Å². The Labute approximate surface area is 82.4 Å². The molecule has 0 aliphatic heterocycles. The first-order chi connectivity index (χ1) is 6.43. The molecule has 0 aliphatic rings. The van der Waals surface area contributed by atoms with Crippen LogP contribution in [0, 0.1) is 6.20 Å². The van der Waals surface area contributed by atoms with Crippen LogP contribution in [0.1, 0.15) is 6.92 Å². The van der Waals surface area contributed by atoms with Gasteiger partial charge in [0, 0.05) is 13.1 Å². The minimum Gasteiger partial charge on any atom is -0.274 e. The molecule has 0 saturated heterocycles. The van der Waals surface area contributed by atoms with Crippen molar-refractivity contribution >= 4 is 21.6 Å². The average Bonchev–Trinajstić information content (AvgIpc) is 2.02. The molecule has 0 fully saturated rings. The Morgan fingerprint density at radius 1 is 1.57 bits per heavy atom. The van der Waals surface area contributed by atoms with E-state index < -0.39 is 15.9 Å². The molecule has 1 heterocycles. The molecule has 1 rings (SSSR count). The van der Waals surface area contributed by atoms with Crippen molar-refractivity contribution in [2.45, 2.75) is 6.92 Å². The van der Waals surface area contributed by atoms with Crippen LogP contribution >= 0.6 is 0 Å². The molecular formula is C8H9N2O3S. The fourth-order valence-electron chi connectivity index (χ4n) is 1.01. The molecule has 0 bridgehead atoms. The predicted molar refractivity (Wildman–Crippen MR) is 51.1 cm³/mol. The first-order valence-electron chi connectivity index (χ1n) is 3.76. The van der Waals surface area contributed by atoms with Gasteiger partial charge in [-0.05, 0) is 12.1 Å². The van der Waals surface area contributed by atoms with Crippen molar-refractivity contribution in [3.63, 3.8) is 0 Å². The zero-order valence-corrected chi connectivity index (χ0v) is 8.58. The van der Waals surface area contributed by atoms with Gasteiger partial charge in [0.2, 0.25) is 15.9 Å². The highest BCUT2D eigenvalue weighted by Gasteiger charge is 2.21. The van der Waals surface area contributed by atoms with Gasteiger partial charge < -0.3 is 0 Å². The maximum atomic E-state index is 11.2. The second-order valence-electron chi connectivity index (χ2n) is 2.68. The minimum atomic E-state index is -3.60. The molecular weight excluding hydrogens is 204 g/mol. The molecule has 5 nitrogen and oxygen atoms in total. The second kappa shape index (κ2) is 3.75. The van der Waals surface area contributed by atoms with Gasteiger partial charge in [0.05, 0.1) is 11.9 Å². The first-order valence-corrected chi connectivity index (χ1v) is 5.61. The van der Waals surface area contributed by atoms with Crippen LogP contribution in [-0.4, -0.2) is 25.6 Å². The lowest BCUT2D eigenvalue weighted by molar-refractivity contribution is -0.115. The lowest BCUT2D eigenvalue weighted by Crippen LogP contribution is -2.34. The predicted octanol–water partition coefficient (Wildman–Crippen LogP) is 0.194. The van der Waals surface area contributed by atoms with E-state index in [-0.39, 0.29) is 5.69 Å². The van der Waals surface area contributed by atoms with Crippen molar-refractivity contribution in [3.8, 4) is 0 Å². The highest BCUT2D eigenvalue weighted by molar-refractivity contribution is 7.92. The molecule has 1 amide bonds. The molecule has 0 spiro atoms. The first kappa shape index (κ1) is 10.6. The molecule has 6 heteroatoms. The van der Waals surface area contributed by atoms with E-state index in [4.69, 9.17) is 0 Å². The van der Waals surface area contributed by atoms with Gasteiger partial charge in [0.25, 0.3) is 0 Å². The maximum absolute atomic E-state index is 11.2. The Balaban J connectivity index is 3.22. The molecule has 0 atom stereocenters. The van der Waals surface area contributed by atoms with Gasteiger partial charge in [-0.25, -0.2) is 12.7 Å². The summed E-state index contributed by atoms with van der Waals surface area (Å²) in [6.07, 6.45) is 4.83. The minimum absolute atomic E-state index is 0.127. The molecule has 0 aromatic carbocycles. The summed E-state index contributed by atoms with van der Waals surface area (Å²) in [6.45, 7) is 1.17. The number of rotatable bonds is 2. The zero-order valence-electron chi connectivity index (χ0n) is 7.76. The Hall–Kier alpha value is -1.43. The maximum Gasteiger partial charge on any atom is 0.238 e. The number of carbonyl (C=O) groups is 1. The largest absolute Gasteiger partial charge is 0.274 e. The highest BCUT2D eigenvalue weighted by atomic mass is 32.2. The van der Waals surface area contributed by atoms with Crippen molar-refractivity contribution in [2.24, 2.45) is 0 Å². The summed E-state index contributed by atoms with van der Waals surface area (Å²) in [7, 11) is -3.60. The highest BCUT2D eigenvalue weighted by Crippen LogP contribution is 2.14. The van der Waals surface area contributed by atoms with Crippen LogP contribution in [0.25, 0.3) is 0 Å². The van der Waals surface area contributed by atoms with Crippen molar-refractivity contribution in [1.29, 1.82) is 0 Å². The number of anilines is 1. The number of hydrogen-bond acceptors (Lipinski definition) is 4. The normalized spacial score (nSPS) is 11.0. The Morgan fingerprint density at radius 3 is 2.57 bits per heavy atom. The van der Waals surface area contributed by atoms with E-state index in [9.17, 15) is 13.2 Å². The van der Waals surface area contributed by atoms with Gasteiger partial charge in [-0.3, -0.25) is 9.78 Å². The lowest BCUT2D eigenvalue weighted by Gasteiger charge is -2.16. The van der Waals surface area contributed by atoms with Gasteiger partial charge in [0.15, 0.2) is 0 Å². The molecule has 1 aromatic heterocycles. The standard InChI is InChI=1S/C8H9N2O3S/c1-7(11)10(14(2,12)13)8-4-3-5-9-6-8/h3-5H,1-2H3. The summed E-state index contributed by atoms with van der Waals surface area (Å²) >= 11 is 0. The third-order valence-corrected chi connectivity index (χ3v) is 2.55. The van der Waals surface area contributed by atoms with Crippen LogP contribution in [0.4, 0.5) is 5.69 Å². The zero-order chi connectivity index (χ0) is 10.8. The van der Waals surface area contributed by atoms with Crippen molar-refractivity contribution in [2.75, 3.05) is 10.6 Å². The SMILES string of the molecule is CC(=O)N(c1[c]nccc1)S(C)(=O)=O. The van der Waals surface area contributed by atoms with Crippen LogP contribution in [-0.2, 0) is 14.8 Å². The van der Waals surface area contributed by atoms with E-state index in [0.717, 1.165) is 6.26 Å². The number of pyridine rings is 1. The molecule has 1 aromatic rings. The molecule has 0 aliphatic carbocycles. The molecule has 0 unspecified atom stereocenters. The van der Waals surface area contributed by atoms with Gasteiger partial charge in [-0.1, -0.05) is 0 Å². The van der Waals surface area contributed by atoms with E-state index in [2.05, 4.69) is 11.2 Å². The van der Waals surface area contributed by atoms with Crippen molar-refractivity contribution in [3.05, 3.63) is 24.5 Å². The van der Waals surface area contributed by atoms with E-state index in [0.29, 0.717) is 4.31 Å². The summed E-state index contributed by atoms with van der Waals surface area (Å²) in [5, 5.41) is 0. The van der Waals surface area contributed by atoms with E-state index >= 15 is 0 Å². The number of hydrogen-bond donors (Lipinski definition) is 0. The summed E-state index contributed by atoms with van der Waals surface area (Å²) in [5.74, 6) is -0.586. The summed E-state index contributed by atoms with van der Waals surface area (Å²) in [4.78, 5) is 14.7. The number of sulfonamides is 1. The topological polar surface area (TPSA) is 67.3 Å². The average molecular weight is 213 g/mol. The Bertz CT molecular complexity index is 427. The number of aromatic nitrogens is 1. The molecule has 14 heavy (non-hydrogen) atoms. The van der Waals surface area contributed by atoms with Crippen LogP contribution in [0.15, 0.2) is 18.3 Å². The Kier molecular flexibility index (Phi) is 2.85. The molecule has 75 valence electrons. The number of nitrogens with zero attached hydrogens (tertiary/aromatic N) is 2. The molecule has 0 N–H and O–H groups in total. The van der Waals surface area contributed by atoms with Crippen molar-refractivity contribution in [1.82, 2.24) is 4.98 Å². The van der Waals surface area contributed by atoms with Gasteiger partial charge in [-0.15, -0.1) is 0 Å². The van der Waals surface area contributed by atoms with E-state index in [1.807, 2.05) is 0 Å². The number of amides is 1. The summed E-state index contributed by atoms with van der Waals surface area (Å²) in [6, 6.07) is 2.99. The van der Waals surface area contributed by atoms with Crippen LogP contribution < -0.4 is 4.31 Å². The quantitative estimate of drug-likeness (QED) is 0.703. The monoisotopic (exact) mass is 213 g/mol. The van der Waals surface area contributed by atoms with E-state index in [1.165, 1.54) is 25.3 Å². The molecule has 1 radical (unpaired) electrons. The van der Waals surface area contributed by atoms with Crippen LogP contribution in [0.2, 0.25) is 0 Å². The fraction of sp³-hybridized carbons (Fsp3) is 0.250. The van der Waals surface area contributed by atoms with Crippen LogP contribution in [0.3, 0.4) is 0 Å².